The van der Waals surface area contributed by atoms with Crippen LogP contribution in [0.4, 0.5) is 52.7 Å². The molecule has 0 atom stereocenters. The zero-order chi connectivity index (χ0) is 22.2. The molecular formula is C8Cl2F12MgO4. The Morgan fingerprint density at radius 1 is 0.519 bits per heavy atom. The van der Waals surface area contributed by atoms with Crippen molar-refractivity contribution in [3.05, 3.63) is 0 Å². The van der Waals surface area contributed by atoms with Gasteiger partial charge in [0.05, 0.1) is 11.9 Å². The van der Waals surface area contributed by atoms with E-state index in [1.807, 2.05) is 0 Å². The fraction of sp³-hybridized carbons (Fsp3) is 0.750. The number of hydrogen-bond donors (Lipinski definition) is 0. The Bertz CT molecular complexity index is 461. The minimum atomic E-state index is -6.16. The molecule has 0 bridgehead atoms. The molecule has 0 aromatic rings. The number of alkyl halides is 14. The Morgan fingerprint density at radius 3 is 0.630 bits per heavy atom. The summed E-state index contributed by atoms with van der Waals surface area (Å²) in [5, 5.41) is 19.3. The monoisotopic (exact) mass is 482 g/mol. The van der Waals surface area contributed by atoms with Gasteiger partial charge in [-0.15, -0.1) is 0 Å². The zero-order valence-electron chi connectivity index (χ0n) is 11.6. The fourth-order valence-electron chi connectivity index (χ4n) is 0.784. The summed E-state index contributed by atoms with van der Waals surface area (Å²) in [6, 6.07) is 0. The minimum Gasteiger partial charge on any atom is -0.547 e. The average Bonchev–Trinajstić information content (AvgIpc) is 2.31. The number of carboxylic acid groups (broad SMARTS) is 2. The van der Waals surface area contributed by atoms with Crippen LogP contribution in [0.3, 0.4) is 0 Å². The van der Waals surface area contributed by atoms with E-state index in [0.29, 0.717) is 0 Å². The van der Waals surface area contributed by atoms with E-state index in [9.17, 15) is 72.5 Å². The maximum atomic E-state index is 11.6. The molecule has 0 fully saturated rings. The maximum absolute atomic E-state index is 11.6. The molecule has 0 saturated heterocycles. The molecule has 0 amide bonds. The summed E-state index contributed by atoms with van der Waals surface area (Å²) in [5.74, 6) is -6.90. The van der Waals surface area contributed by atoms with Crippen molar-refractivity contribution >= 4 is 58.2 Å². The second-order valence-corrected chi connectivity index (χ2v) is 5.02. The van der Waals surface area contributed by atoms with Gasteiger partial charge in [-0.25, -0.2) is 0 Å². The van der Waals surface area contributed by atoms with Gasteiger partial charge in [0.15, 0.2) is 0 Å². The van der Waals surface area contributed by atoms with Crippen molar-refractivity contribution in [3.63, 3.8) is 0 Å². The van der Waals surface area contributed by atoms with E-state index in [2.05, 4.69) is 23.2 Å². The molecule has 156 valence electrons. The molecule has 0 saturated carbocycles. The smallest absolute Gasteiger partial charge is 0.547 e. The molecule has 0 aromatic carbocycles. The standard InChI is InChI=1S/2C4HClF6O2.Mg/c2*5-2(1(12)13,3(6,7)8)4(9,10)11;/h2*(H,12,13);/q;;+2/p-2. The third-order valence-corrected chi connectivity index (χ3v) is 3.29. The summed E-state index contributed by atoms with van der Waals surface area (Å²) < 4.78 is 139. The van der Waals surface area contributed by atoms with Gasteiger partial charge in [0.1, 0.15) is 0 Å². The molecule has 0 unspecified atom stereocenters. The van der Waals surface area contributed by atoms with E-state index < -0.39 is 46.4 Å². The summed E-state index contributed by atoms with van der Waals surface area (Å²) in [6.45, 7) is 0. The summed E-state index contributed by atoms with van der Waals surface area (Å²) >= 11 is 7.83. The fourth-order valence-corrected chi connectivity index (χ4v) is 0.784. The number of carbonyl (C=O) groups is 2. The topological polar surface area (TPSA) is 80.3 Å². The van der Waals surface area contributed by atoms with Crippen LogP contribution in [-0.2, 0) is 9.59 Å². The SMILES string of the molecule is O=C([O-])C(Cl)(C(F)(F)F)C(F)(F)F.O=C([O-])C(Cl)(C(F)(F)F)C(F)(F)F.[Mg+2]. The van der Waals surface area contributed by atoms with Crippen molar-refractivity contribution in [3.8, 4) is 0 Å². The van der Waals surface area contributed by atoms with Gasteiger partial charge in [0.2, 0.25) is 0 Å². The van der Waals surface area contributed by atoms with Crippen LogP contribution in [0.2, 0.25) is 0 Å². The Balaban J connectivity index is -0.000000411. The van der Waals surface area contributed by atoms with Crippen LogP contribution in [0.15, 0.2) is 0 Å². The van der Waals surface area contributed by atoms with Gasteiger partial charge in [-0.3, -0.25) is 0 Å². The van der Waals surface area contributed by atoms with Crippen LogP contribution in [0, 0.1) is 0 Å². The summed E-state index contributed by atoms with van der Waals surface area (Å²) in [6.07, 6.45) is -24.6. The van der Waals surface area contributed by atoms with Crippen molar-refractivity contribution in [2.24, 2.45) is 0 Å². The van der Waals surface area contributed by atoms with Gasteiger partial charge in [-0.05, 0) is 0 Å². The van der Waals surface area contributed by atoms with Gasteiger partial charge in [-0.2, -0.15) is 52.7 Å². The Morgan fingerprint density at radius 2 is 0.630 bits per heavy atom. The summed E-state index contributed by atoms with van der Waals surface area (Å²) in [5.41, 5.74) is 0. The zero-order valence-corrected chi connectivity index (χ0v) is 14.6. The molecule has 0 spiro atoms. The van der Waals surface area contributed by atoms with Crippen LogP contribution in [0.5, 0.6) is 0 Å². The van der Waals surface area contributed by atoms with Crippen LogP contribution in [0.25, 0.3) is 0 Å². The minimum absolute atomic E-state index is 0. The molecule has 0 aliphatic heterocycles. The van der Waals surface area contributed by atoms with E-state index in [1.165, 1.54) is 0 Å². The van der Waals surface area contributed by atoms with Crippen LogP contribution in [0.1, 0.15) is 0 Å². The maximum Gasteiger partial charge on any atom is 2.00 e. The first kappa shape index (κ1) is 31.2. The van der Waals surface area contributed by atoms with Crippen molar-refractivity contribution in [2.45, 2.75) is 34.5 Å². The van der Waals surface area contributed by atoms with Gasteiger partial charge in [0.25, 0.3) is 9.75 Å². The second-order valence-electron chi connectivity index (χ2n) is 3.88. The Kier molecular flexibility index (Phi) is 10.2. The third kappa shape index (κ3) is 6.21. The average molecular weight is 483 g/mol. The number of carboxylic acids is 2. The first-order valence-electron chi connectivity index (χ1n) is 4.96. The number of halogens is 14. The van der Waals surface area contributed by atoms with Crippen LogP contribution >= 0.6 is 23.2 Å². The Hall–Kier alpha value is -0.554. The molecule has 0 aliphatic carbocycles. The van der Waals surface area contributed by atoms with E-state index in [4.69, 9.17) is 0 Å². The molecular weight excluding hydrogens is 483 g/mol. The van der Waals surface area contributed by atoms with Crippen LogP contribution in [-0.4, -0.2) is 69.4 Å². The molecule has 0 heterocycles. The summed E-state index contributed by atoms with van der Waals surface area (Å²) in [4.78, 5) is 8.57. The molecule has 4 nitrogen and oxygen atoms in total. The van der Waals surface area contributed by atoms with E-state index in [0.717, 1.165) is 0 Å². The van der Waals surface area contributed by atoms with E-state index in [-0.39, 0.29) is 23.1 Å². The van der Waals surface area contributed by atoms with Gasteiger partial charge in [0, 0.05) is 0 Å². The third-order valence-electron chi connectivity index (χ3n) is 2.13. The molecule has 0 N–H and O–H groups in total. The quantitative estimate of drug-likeness (QED) is 0.337. The predicted octanol–water partition coefficient (Wildman–Crippen LogP) is 1.30. The molecule has 0 radical (unpaired) electrons. The number of rotatable bonds is 2. The van der Waals surface area contributed by atoms with Crippen molar-refractivity contribution in [1.29, 1.82) is 0 Å². The molecule has 19 heteroatoms. The normalized spacial score (nSPS) is 13.9. The molecule has 0 aliphatic rings. The van der Waals surface area contributed by atoms with Crippen LogP contribution < -0.4 is 10.2 Å². The largest absolute Gasteiger partial charge is 2.00 e. The first-order chi connectivity index (χ1) is 10.9. The van der Waals surface area contributed by atoms with Crippen molar-refractivity contribution < 1.29 is 72.5 Å². The number of carbonyl (C=O) groups excluding carboxylic acids is 2. The van der Waals surface area contributed by atoms with Crippen molar-refractivity contribution in [1.82, 2.24) is 0 Å². The van der Waals surface area contributed by atoms with Crippen molar-refractivity contribution in [2.75, 3.05) is 0 Å². The number of hydrogen-bond acceptors (Lipinski definition) is 4. The second kappa shape index (κ2) is 8.85. The number of aliphatic carboxylic acids is 2. The molecule has 27 heavy (non-hydrogen) atoms. The Labute approximate surface area is 165 Å². The summed E-state index contributed by atoms with van der Waals surface area (Å²) in [7, 11) is 0. The van der Waals surface area contributed by atoms with Gasteiger partial charge < -0.3 is 19.8 Å². The van der Waals surface area contributed by atoms with E-state index in [1.54, 1.807) is 0 Å². The predicted molar refractivity (Wildman–Crippen MR) is 57.2 cm³/mol. The molecule has 0 rings (SSSR count). The van der Waals surface area contributed by atoms with Gasteiger partial charge >= 0.3 is 47.8 Å². The van der Waals surface area contributed by atoms with Gasteiger partial charge in [-0.1, -0.05) is 23.2 Å². The molecule has 0 aromatic heterocycles. The van der Waals surface area contributed by atoms with E-state index >= 15 is 0 Å². The first-order valence-corrected chi connectivity index (χ1v) is 5.72.